The van der Waals surface area contributed by atoms with E-state index in [4.69, 9.17) is 4.74 Å². The number of aryl methyl sites for hydroxylation is 1. The number of rotatable bonds is 6. The summed E-state index contributed by atoms with van der Waals surface area (Å²) in [7, 11) is 1.56. The number of anilines is 1. The van der Waals surface area contributed by atoms with Crippen molar-refractivity contribution in [3.05, 3.63) is 23.8 Å². The van der Waals surface area contributed by atoms with E-state index in [9.17, 15) is 13.2 Å². The Morgan fingerprint density at radius 2 is 2.00 bits per heavy atom. The van der Waals surface area contributed by atoms with Crippen molar-refractivity contribution in [2.45, 2.75) is 13.1 Å². The van der Waals surface area contributed by atoms with Crippen molar-refractivity contribution in [2.75, 3.05) is 32.2 Å². The molecule has 0 fully saturated rings. The molecule has 1 aromatic carbocycles. The third kappa shape index (κ3) is 5.27. The second-order valence-electron chi connectivity index (χ2n) is 3.78. The molecule has 102 valence electrons. The quantitative estimate of drug-likeness (QED) is 0.800. The summed E-state index contributed by atoms with van der Waals surface area (Å²) >= 11 is 0. The lowest BCUT2D eigenvalue weighted by Gasteiger charge is -2.12. The van der Waals surface area contributed by atoms with Gasteiger partial charge >= 0.3 is 6.18 Å². The van der Waals surface area contributed by atoms with Gasteiger partial charge < -0.3 is 14.8 Å². The van der Waals surface area contributed by atoms with Crippen LogP contribution in [0.25, 0.3) is 0 Å². The molecule has 0 aliphatic rings. The number of ether oxygens (including phenoxy) is 2. The van der Waals surface area contributed by atoms with Crippen LogP contribution < -0.4 is 10.1 Å². The van der Waals surface area contributed by atoms with Crippen molar-refractivity contribution >= 4 is 5.69 Å². The van der Waals surface area contributed by atoms with Crippen LogP contribution in [0.4, 0.5) is 18.9 Å². The lowest BCUT2D eigenvalue weighted by Crippen LogP contribution is -2.20. The molecular weight excluding hydrogens is 247 g/mol. The van der Waals surface area contributed by atoms with Gasteiger partial charge in [-0.3, -0.25) is 0 Å². The summed E-state index contributed by atoms with van der Waals surface area (Å²) in [4.78, 5) is 0. The minimum Gasteiger partial charge on any atom is -0.497 e. The summed E-state index contributed by atoms with van der Waals surface area (Å²) in [6.07, 6.45) is -4.27. The van der Waals surface area contributed by atoms with Crippen LogP contribution in [0.2, 0.25) is 0 Å². The van der Waals surface area contributed by atoms with Crippen molar-refractivity contribution in [2.24, 2.45) is 0 Å². The number of hydrogen-bond acceptors (Lipinski definition) is 3. The molecule has 0 bridgehead atoms. The molecule has 0 spiro atoms. The van der Waals surface area contributed by atoms with Gasteiger partial charge in [0.25, 0.3) is 0 Å². The molecule has 6 heteroatoms. The Labute approximate surface area is 104 Å². The number of alkyl halides is 3. The molecule has 0 aromatic heterocycles. The molecule has 0 saturated heterocycles. The first kappa shape index (κ1) is 14.6. The summed E-state index contributed by atoms with van der Waals surface area (Å²) in [6.45, 7) is 0.990. The fraction of sp³-hybridized carbons (Fsp3) is 0.500. The maximum Gasteiger partial charge on any atom is 0.411 e. The third-order valence-electron chi connectivity index (χ3n) is 2.27. The molecule has 0 amide bonds. The molecule has 0 aliphatic carbocycles. The van der Waals surface area contributed by atoms with Crippen LogP contribution in [0.3, 0.4) is 0 Å². The van der Waals surface area contributed by atoms with Crippen LogP contribution >= 0.6 is 0 Å². The smallest absolute Gasteiger partial charge is 0.411 e. The van der Waals surface area contributed by atoms with E-state index < -0.39 is 12.8 Å². The largest absolute Gasteiger partial charge is 0.497 e. The zero-order valence-corrected chi connectivity index (χ0v) is 10.3. The molecule has 3 nitrogen and oxygen atoms in total. The van der Waals surface area contributed by atoms with Gasteiger partial charge in [-0.05, 0) is 18.6 Å². The van der Waals surface area contributed by atoms with Crippen LogP contribution in [0.5, 0.6) is 5.75 Å². The second-order valence-corrected chi connectivity index (χ2v) is 3.78. The highest BCUT2D eigenvalue weighted by molar-refractivity contribution is 5.54. The van der Waals surface area contributed by atoms with Crippen molar-refractivity contribution in [3.8, 4) is 5.75 Å². The standard InChI is InChI=1S/C12H16F3NO2/c1-9-3-4-10(17-2)7-11(9)16-5-6-18-8-12(13,14)15/h3-4,7,16H,5-6,8H2,1-2H3. The Bertz CT molecular complexity index is 380. The molecular formula is C12H16F3NO2. The Morgan fingerprint density at radius 3 is 2.61 bits per heavy atom. The number of halogens is 3. The fourth-order valence-electron chi connectivity index (χ4n) is 1.36. The summed E-state index contributed by atoms with van der Waals surface area (Å²) in [5, 5.41) is 3.00. The van der Waals surface area contributed by atoms with Gasteiger partial charge in [-0.15, -0.1) is 0 Å². The van der Waals surface area contributed by atoms with Crippen molar-refractivity contribution < 1.29 is 22.6 Å². The normalized spacial score (nSPS) is 11.4. The minimum atomic E-state index is -4.27. The van der Waals surface area contributed by atoms with E-state index in [-0.39, 0.29) is 6.61 Å². The van der Waals surface area contributed by atoms with Crippen LogP contribution in [0, 0.1) is 6.92 Å². The maximum absolute atomic E-state index is 11.8. The third-order valence-corrected chi connectivity index (χ3v) is 2.27. The van der Waals surface area contributed by atoms with Gasteiger partial charge in [-0.1, -0.05) is 6.07 Å². The SMILES string of the molecule is COc1ccc(C)c(NCCOCC(F)(F)F)c1. The maximum atomic E-state index is 11.8. The summed E-state index contributed by atoms with van der Waals surface area (Å²) in [6, 6.07) is 5.48. The number of nitrogens with one attached hydrogen (secondary N) is 1. The first-order chi connectivity index (χ1) is 8.42. The Morgan fingerprint density at radius 1 is 1.28 bits per heavy atom. The fourth-order valence-corrected chi connectivity index (χ4v) is 1.36. The van der Waals surface area contributed by atoms with Crippen LogP contribution in [-0.2, 0) is 4.74 Å². The number of hydrogen-bond donors (Lipinski definition) is 1. The number of methoxy groups -OCH3 is 1. The predicted molar refractivity (Wildman–Crippen MR) is 63.1 cm³/mol. The zero-order chi connectivity index (χ0) is 13.6. The second kappa shape index (κ2) is 6.49. The van der Waals surface area contributed by atoms with Crippen molar-refractivity contribution in [1.82, 2.24) is 0 Å². The van der Waals surface area contributed by atoms with Crippen LogP contribution in [0.1, 0.15) is 5.56 Å². The first-order valence-electron chi connectivity index (χ1n) is 5.45. The monoisotopic (exact) mass is 263 g/mol. The van der Waals surface area contributed by atoms with Gasteiger partial charge in [-0.25, -0.2) is 0 Å². The number of benzene rings is 1. The summed E-state index contributed by atoms with van der Waals surface area (Å²) < 4.78 is 45.0. The zero-order valence-electron chi connectivity index (χ0n) is 10.3. The average molecular weight is 263 g/mol. The molecule has 0 aliphatic heterocycles. The lowest BCUT2D eigenvalue weighted by molar-refractivity contribution is -0.172. The lowest BCUT2D eigenvalue weighted by atomic mass is 10.2. The molecule has 1 N–H and O–H groups in total. The molecule has 0 radical (unpaired) electrons. The molecule has 1 rings (SSSR count). The molecule has 0 atom stereocenters. The Hall–Kier alpha value is -1.43. The van der Waals surface area contributed by atoms with Crippen LogP contribution in [0.15, 0.2) is 18.2 Å². The van der Waals surface area contributed by atoms with E-state index in [1.54, 1.807) is 13.2 Å². The first-order valence-corrected chi connectivity index (χ1v) is 5.45. The van der Waals surface area contributed by atoms with Gasteiger partial charge in [0.05, 0.1) is 13.7 Å². The molecule has 0 unspecified atom stereocenters. The molecule has 1 aromatic rings. The van der Waals surface area contributed by atoms with Gasteiger partial charge in [0.2, 0.25) is 0 Å². The van der Waals surface area contributed by atoms with E-state index in [2.05, 4.69) is 10.1 Å². The van der Waals surface area contributed by atoms with Crippen molar-refractivity contribution in [3.63, 3.8) is 0 Å². The minimum absolute atomic E-state index is 0.00381. The van der Waals surface area contributed by atoms with Gasteiger partial charge in [0, 0.05) is 18.3 Å². The van der Waals surface area contributed by atoms with Gasteiger partial charge in [0.1, 0.15) is 12.4 Å². The van der Waals surface area contributed by atoms with Gasteiger partial charge in [-0.2, -0.15) is 13.2 Å². The average Bonchev–Trinajstić information content (AvgIpc) is 2.29. The highest BCUT2D eigenvalue weighted by Gasteiger charge is 2.27. The molecule has 0 saturated carbocycles. The molecule has 0 heterocycles. The Kier molecular flexibility index (Phi) is 5.27. The van der Waals surface area contributed by atoms with E-state index in [0.29, 0.717) is 12.3 Å². The Balaban J connectivity index is 2.35. The highest BCUT2D eigenvalue weighted by Crippen LogP contribution is 2.21. The van der Waals surface area contributed by atoms with E-state index in [1.165, 1.54) is 0 Å². The van der Waals surface area contributed by atoms with Crippen molar-refractivity contribution in [1.29, 1.82) is 0 Å². The highest BCUT2D eigenvalue weighted by atomic mass is 19.4. The summed E-state index contributed by atoms with van der Waals surface area (Å²) in [5.74, 6) is 0.694. The topological polar surface area (TPSA) is 30.5 Å². The van der Waals surface area contributed by atoms with E-state index >= 15 is 0 Å². The molecule has 18 heavy (non-hydrogen) atoms. The summed E-state index contributed by atoms with van der Waals surface area (Å²) in [5.41, 5.74) is 1.82. The van der Waals surface area contributed by atoms with Crippen LogP contribution in [-0.4, -0.2) is 33.0 Å². The van der Waals surface area contributed by atoms with E-state index in [0.717, 1.165) is 11.3 Å². The van der Waals surface area contributed by atoms with Gasteiger partial charge in [0.15, 0.2) is 0 Å². The predicted octanol–water partition coefficient (Wildman–Crippen LogP) is 2.99. The van der Waals surface area contributed by atoms with E-state index in [1.807, 2.05) is 19.1 Å².